The standard InChI is InChI=1S/3C9H7N2O.C2H4O2.3CH4O.3Mn.O/c3*12-9-4-2-1-3-7(9)8-5-6-10-11-8;1-2(3)4;3*1-2;;;;/h3*1-6H,(H-,10,11,12);1H3,(H,3,4);3*2H,1H3;;;;/q3*-1;;;;;3*+3;-2/p-4. The fraction of sp³-hybridized carbons (Fsp3) is 0.125. The molecule has 0 fully saturated rings. The second kappa shape index (κ2) is 34.4. The van der Waals surface area contributed by atoms with E-state index in [1.807, 2.05) is 18.2 Å². The van der Waals surface area contributed by atoms with Crippen molar-refractivity contribution in [2.75, 3.05) is 21.3 Å². The summed E-state index contributed by atoms with van der Waals surface area (Å²) in [5.41, 5.74) is 3.74. The first-order valence-electron chi connectivity index (χ1n) is 13.0. The third kappa shape index (κ3) is 20.8. The molecule has 6 rings (SSSR count). The average Bonchev–Trinajstić information content (AvgIpc) is 3.90. The summed E-state index contributed by atoms with van der Waals surface area (Å²) >= 11 is 0. The van der Waals surface area contributed by atoms with Crippen molar-refractivity contribution in [3.05, 3.63) is 110 Å². The van der Waals surface area contributed by atoms with E-state index in [0.29, 0.717) is 33.8 Å². The number of carbonyl (C=O) groups is 1. The minimum atomic E-state index is -1.08. The zero-order chi connectivity index (χ0) is 34.7. The summed E-state index contributed by atoms with van der Waals surface area (Å²) in [4.78, 5) is 8.89. The Labute approximate surface area is 321 Å². The Hall–Kier alpha value is -4.44. The molecule has 6 aromatic rings. The first-order chi connectivity index (χ1) is 22.4. The summed E-state index contributed by atoms with van der Waals surface area (Å²) in [6.07, 6.45) is 4.71. The minimum absolute atomic E-state index is 0. The number of benzene rings is 3. The van der Waals surface area contributed by atoms with E-state index in [0.717, 1.165) is 28.3 Å². The van der Waals surface area contributed by atoms with E-state index in [2.05, 4.69) is 30.6 Å². The number of carboxylic acids is 1. The van der Waals surface area contributed by atoms with Gasteiger partial charge in [-0.15, -0.1) is 11.4 Å². The van der Waals surface area contributed by atoms with Crippen LogP contribution in [-0.4, -0.2) is 57.9 Å². The first-order valence-corrected chi connectivity index (χ1v) is 13.0. The van der Waals surface area contributed by atoms with E-state index in [1.54, 1.807) is 73.2 Å². The van der Waals surface area contributed by atoms with Crippen LogP contribution < -0.4 is 35.7 Å². The number of aromatic nitrogens is 6. The smallest absolute Gasteiger partial charge is 2.00 e. The second-order valence-corrected chi connectivity index (χ2v) is 7.73. The number of nitrogens with zero attached hydrogens (tertiary/aromatic N) is 6. The molecule has 18 heteroatoms. The zero-order valence-electron chi connectivity index (χ0n) is 27.0. The van der Waals surface area contributed by atoms with Gasteiger partial charge in [0.15, 0.2) is 0 Å². The van der Waals surface area contributed by atoms with Crippen LogP contribution in [0.1, 0.15) is 6.92 Å². The predicted molar refractivity (Wildman–Crippen MR) is 163 cm³/mol. The SMILES string of the molecule is CC(=O)[O-].CO.CO.CO.[Mn+3].[Mn+3].[Mn+3].[O-2].[O-]c1ccccc1-c1cc[n-]n1.[O-]c1ccccc1-c1cc[n-]n1.[O-]c1ccccc1-c1ccn[n-]1. The molecular formula is C32H33Mn3N6O9. The molecule has 0 amide bonds. The Kier molecular flexibility index (Phi) is 37.9. The van der Waals surface area contributed by atoms with Crippen LogP contribution >= 0.6 is 0 Å². The van der Waals surface area contributed by atoms with E-state index in [1.165, 1.54) is 18.2 Å². The zero-order valence-corrected chi connectivity index (χ0v) is 30.5. The van der Waals surface area contributed by atoms with Gasteiger partial charge in [-0.25, -0.2) is 0 Å². The molecule has 3 aromatic carbocycles. The number of hydrogen-bond donors (Lipinski definition) is 3. The number of para-hydroxylation sites is 3. The fourth-order valence-electron chi connectivity index (χ4n) is 3.16. The van der Waals surface area contributed by atoms with Crippen LogP contribution in [-0.2, 0) is 61.5 Å². The van der Waals surface area contributed by atoms with Crippen LogP contribution in [0.4, 0.5) is 0 Å². The number of aliphatic hydroxyl groups excluding tert-OH is 3. The molecule has 3 heterocycles. The molecule has 0 unspecified atom stereocenters. The first kappa shape index (κ1) is 55.0. The third-order valence-electron chi connectivity index (χ3n) is 4.88. The summed E-state index contributed by atoms with van der Waals surface area (Å²) in [6.45, 7) is 0.972. The van der Waals surface area contributed by atoms with E-state index in [-0.39, 0.29) is 73.9 Å². The van der Waals surface area contributed by atoms with Crippen molar-refractivity contribution in [1.29, 1.82) is 0 Å². The van der Waals surface area contributed by atoms with Crippen molar-refractivity contribution in [2.45, 2.75) is 6.92 Å². The number of carbonyl (C=O) groups excluding carboxylic acids is 1. The molecule has 3 N–H and O–H groups in total. The number of aliphatic hydroxyl groups is 3. The summed E-state index contributed by atoms with van der Waals surface area (Å²) in [7, 11) is 3.00. The molecule has 3 aromatic heterocycles. The van der Waals surface area contributed by atoms with Crippen molar-refractivity contribution in [1.82, 2.24) is 30.6 Å². The Morgan fingerprint density at radius 2 is 0.900 bits per heavy atom. The van der Waals surface area contributed by atoms with Crippen molar-refractivity contribution < 1.29 is 97.2 Å². The summed E-state index contributed by atoms with van der Waals surface area (Å²) in [6, 6.07) is 25.5. The van der Waals surface area contributed by atoms with Gasteiger partial charge < -0.3 is 76.6 Å². The molecule has 0 saturated carbocycles. The molecule has 50 heavy (non-hydrogen) atoms. The summed E-state index contributed by atoms with van der Waals surface area (Å²) in [5.74, 6) is -1.13. The predicted octanol–water partition coefficient (Wildman–Crippen LogP) is -0.206. The van der Waals surface area contributed by atoms with Crippen molar-refractivity contribution in [2.24, 2.45) is 0 Å². The topological polar surface area (TPSA) is 279 Å². The van der Waals surface area contributed by atoms with E-state index in [4.69, 9.17) is 25.2 Å². The molecule has 266 valence electrons. The van der Waals surface area contributed by atoms with Gasteiger partial charge in [-0.3, -0.25) is 0 Å². The van der Waals surface area contributed by atoms with Gasteiger partial charge in [0.05, 0.1) is 0 Å². The molecule has 0 aliphatic heterocycles. The molecule has 0 atom stereocenters. The van der Waals surface area contributed by atoms with Crippen LogP contribution in [0.25, 0.3) is 33.8 Å². The van der Waals surface area contributed by atoms with Gasteiger partial charge in [0, 0.05) is 44.9 Å². The number of carboxylic acid groups (broad SMARTS) is 1. The fourth-order valence-corrected chi connectivity index (χ4v) is 3.16. The quantitative estimate of drug-likeness (QED) is 0.195. The molecule has 0 bridgehead atoms. The van der Waals surface area contributed by atoms with E-state index >= 15 is 0 Å². The number of aliphatic carboxylic acids is 1. The second-order valence-electron chi connectivity index (χ2n) is 7.73. The maximum Gasteiger partial charge on any atom is 3.00 e. The maximum absolute atomic E-state index is 11.2. The average molecular weight is 810 g/mol. The van der Waals surface area contributed by atoms with Crippen LogP contribution in [0.3, 0.4) is 0 Å². The Bertz CT molecular complexity index is 1410. The van der Waals surface area contributed by atoms with E-state index < -0.39 is 5.97 Å². The van der Waals surface area contributed by atoms with Gasteiger partial charge in [0.25, 0.3) is 0 Å². The normalized spacial score (nSPS) is 8.06. The van der Waals surface area contributed by atoms with E-state index in [9.17, 15) is 15.3 Å². The van der Waals surface area contributed by atoms with Gasteiger partial charge in [0.2, 0.25) is 0 Å². The Balaban J connectivity index is -0.000000173. The number of rotatable bonds is 3. The minimum Gasteiger partial charge on any atom is -2.00 e. The Morgan fingerprint density at radius 3 is 1.16 bits per heavy atom. The molecule has 0 aliphatic rings. The third-order valence-corrected chi connectivity index (χ3v) is 4.88. The molecule has 0 radical (unpaired) electrons. The molecule has 15 nitrogen and oxygen atoms in total. The van der Waals surface area contributed by atoms with Gasteiger partial charge >= 0.3 is 51.2 Å². The molecule has 0 saturated heterocycles. The summed E-state index contributed by atoms with van der Waals surface area (Å²) in [5, 5.41) is 86.0. The van der Waals surface area contributed by atoms with Crippen LogP contribution in [0, 0.1) is 0 Å². The van der Waals surface area contributed by atoms with Crippen LogP contribution in [0.2, 0.25) is 0 Å². The van der Waals surface area contributed by atoms with Gasteiger partial charge in [-0.05, 0) is 23.6 Å². The van der Waals surface area contributed by atoms with Crippen molar-refractivity contribution >= 4 is 5.97 Å². The molecular weight excluding hydrogens is 777 g/mol. The van der Waals surface area contributed by atoms with Crippen molar-refractivity contribution in [3.8, 4) is 51.0 Å². The molecule has 0 spiro atoms. The maximum atomic E-state index is 11.2. The molecule has 0 aliphatic carbocycles. The monoisotopic (exact) mass is 810 g/mol. The van der Waals surface area contributed by atoms with Crippen LogP contribution in [0.15, 0.2) is 110 Å². The van der Waals surface area contributed by atoms with Gasteiger partial charge in [-0.1, -0.05) is 102 Å². The van der Waals surface area contributed by atoms with Gasteiger partial charge in [-0.2, -0.15) is 12.4 Å². The van der Waals surface area contributed by atoms with Crippen molar-refractivity contribution in [3.63, 3.8) is 0 Å². The number of hydrogen-bond acceptors (Lipinski definition) is 11. The summed E-state index contributed by atoms with van der Waals surface area (Å²) < 4.78 is 0. The van der Waals surface area contributed by atoms with Crippen LogP contribution in [0.5, 0.6) is 17.2 Å². The Morgan fingerprint density at radius 1 is 0.580 bits per heavy atom. The largest absolute Gasteiger partial charge is 3.00 e. The van der Waals surface area contributed by atoms with Gasteiger partial charge in [0.1, 0.15) is 0 Å².